The largest absolute Gasteiger partial charge is 0.338 e. The second-order valence-corrected chi connectivity index (χ2v) is 6.88. The summed E-state index contributed by atoms with van der Waals surface area (Å²) in [6, 6.07) is 0.354. The van der Waals surface area contributed by atoms with Gasteiger partial charge in [0.1, 0.15) is 0 Å². The van der Waals surface area contributed by atoms with Crippen molar-refractivity contribution in [3.63, 3.8) is 0 Å². The van der Waals surface area contributed by atoms with Crippen LogP contribution in [0.5, 0.6) is 0 Å². The Balaban J connectivity index is 2.47. The Hall–Kier alpha value is -0.220. The van der Waals surface area contributed by atoms with Crippen molar-refractivity contribution < 1.29 is 4.79 Å². The highest BCUT2D eigenvalue weighted by Crippen LogP contribution is 2.25. The number of nitrogens with zero attached hydrogens (tertiary/aromatic N) is 1. The van der Waals surface area contributed by atoms with Gasteiger partial charge in [-0.1, -0.05) is 6.92 Å². The Labute approximate surface area is 103 Å². The van der Waals surface area contributed by atoms with Gasteiger partial charge in [0.15, 0.2) is 0 Å². The third kappa shape index (κ3) is 3.98. The van der Waals surface area contributed by atoms with E-state index in [1.54, 1.807) is 0 Å². The minimum atomic E-state index is -0.241. The maximum Gasteiger partial charge on any atom is 0.222 e. The summed E-state index contributed by atoms with van der Waals surface area (Å²) < 4.78 is 0. The molecule has 2 unspecified atom stereocenters. The van der Waals surface area contributed by atoms with Crippen LogP contribution in [0.1, 0.15) is 40.5 Å². The van der Waals surface area contributed by atoms with E-state index in [0.29, 0.717) is 17.7 Å². The maximum atomic E-state index is 12.1. The average Bonchev–Trinajstić information content (AvgIpc) is 2.17. The van der Waals surface area contributed by atoms with Crippen molar-refractivity contribution in [2.45, 2.75) is 57.4 Å². The summed E-state index contributed by atoms with van der Waals surface area (Å²) in [5.74, 6) is 1.32. The lowest BCUT2D eigenvalue weighted by atomic mass is 9.99. The molecule has 16 heavy (non-hydrogen) atoms. The first-order chi connectivity index (χ1) is 7.31. The van der Waals surface area contributed by atoms with Crippen molar-refractivity contribution >= 4 is 17.7 Å². The Morgan fingerprint density at radius 1 is 1.50 bits per heavy atom. The van der Waals surface area contributed by atoms with Crippen LogP contribution >= 0.6 is 11.8 Å². The Bertz CT molecular complexity index is 250. The molecule has 4 heteroatoms. The van der Waals surface area contributed by atoms with E-state index in [-0.39, 0.29) is 11.4 Å². The van der Waals surface area contributed by atoms with E-state index in [1.165, 1.54) is 0 Å². The molecule has 1 rings (SSSR count). The number of thioether (sulfide) groups is 1. The standard InChI is InChI=1S/C12H24N2OS/c1-9-10(2)16-8-7-14(9)11(15)5-6-12(3,4)13/h9-10H,5-8,13H2,1-4H3. The number of nitrogens with two attached hydrogens (primary N) is 1. The molecule has 0 radical (unpaired) electrons. The van der Waals surface area contributed by atoms with Crippen LogP contribution in [0.3, 0.4) is 0 Å². The molecule has 2 N–H and O–H groups in total. The van der Waals surface area contributed by atoms with Crippen LogP contribution < -0.4 is 5.73 Å². The summed E-state index contributed by atoms with van der Waals surface area (Å²) in [7, 11) is 0. The Kier molecular flexibility index (Phi) is 4.68. The SMILES string of the molecule is CC1SCCN(C(=O)CCC(C)(C)N)C1C. The molecule has 0 bridgehead atoms. The number of amides is 1. The van der Waals surface area contributed by atoms with Gasteiger partial charge in [-0.25, -0.2) is 0 Å². The molecule has 1 saturated heterocycles. The molecule has 3 nitrogen and oxygen atoms in total. The molecule has 1 aliphatic heterocycles. The van der Waals surface area contributed by atoms with Gasteiger partial charge >= 0.3 is 0 Å². The zero-order chi connectivity index (χ0) is 12.3. The quantitative estimate of drug-likeness (QED) is 0.824. The van der Waals surface area contributed by atoms with Gasteiger partial charge in [0.2, 0.25) is 5.91 Å². The molecule has 0 aliphatic carbocycles. The van der Waals surface area contributed by atoms with Gasteiger partial charge in [0.05, 0.1) is 0 Å². The van der Waals surface area contributed by atoms with Crippen LogP contribution in [0.2, 0.25) is 0 Å². The monoisotopic (exact) mass is 244 g/mol. The molecule has 0 aromatic rings. The highest BCUT2D eigenvalue weighted by molar-refractivity contribution is 8.00. The minimum Gasteiger partial charge on any atom is -0.338 e. The van der Waals surface area contributed by atoms with Gasteiger partial charge < -0.3 is 10.6 Å². The predicted octanol–water partition coefficient (Wildman–Crippen LogP) is 1.86. The predicted molar refractivity (Wildman–Crippen MR) is 70.6 cm³/mol. The fraction of sp³-hybridized carbons (Fsp3) is 0.917. The van der Waals surface area contributed by atoms with E-state index in [2.05, 4.69) is 13.8 Å². The topological polar surface area (TPSA) is 46.3 Å². The molecular weight excluding hydrogens is 220 g/mol. The number of carbonyl (C=O) groups is 1. The normalized spacial score (nSPS) is 26.9. The molecule has 0 spiro atoms. The summed E-state index contributed by atoms with van der Waals surface area (Å²) in [6.45, 7) is 9.17. The Morgan fingerprint density at radius 2 is 2.12 bits per heavy atom. The van der Waals surface area contributed by atoms with Gasteiger partial charge in [-0.15, -0.1) is 0 Å². The van der Waals surface area contributed by atoms with Crippen molar-refractivity contribution in [3.05, 3.63) is 0 Å². The number of rotatable bonds is 3. The minimum absolute atomic E-state index is 0.241. The molecule has 0 aromatic heterocycles. The van der Waals surface area contributed by atoms with Crippen molar-refractivity contribution in [1.82, 2.24) is 4.90 Å². The summed E-state index contributed by atoms with van der Waals surface area (Å²) in [5.41, 5.74) is 5.66. The van der Waals surface area contributed by atoms with Crippen molar-refractivity contribution in [3.8, 4) is 0 Å². The van der Waals surface area contributed by atoms with E-state index in [9.17, 15) is 4.79 Å². The van der Waals surface area contributed by atoms with Crippen LogP contribution in [0, 0.1) is 0 Å². The van der Waals surface area contributed by atoms with Gasteiger partial charge in [-0.05, 0) is 27.2 Å². The third-order valence-electron chi connectivity index (χ3n) is 3.19. The first kappa shape index (κ1) is 13.8. The first-order valence-corrected chi connectivity index (χ1v) is 7.06. The van der Waals surface area contributed by atoms with Crippen molar-refractivity contribution in [2.75, 3.05) is 12.3 Å². The lowest BCUT2D eigenvalue weighted by Gasteiger charge is -2.38. The number of carbonyl (C=O) groups excluding carboxylic acids is 1. The van der Waals surface area contributed by atoms with E-state index in [0.717, 1.165) is 18.7 Å². The lowest BCUT2D eigenvalue weighted by molar-refractivity contribution is -0.133. The molecule has 1 aliphatic rings. The number of hydrogen-bond acceptors (Lipinski definition) is 3. The molecule has 94 valence electrons. The van der Waals surface area contributed by atoms with E-state index < -0.39 is 0 Å². The van der Waals surface area contributed by atoms with Gasteiger partial charge in [-0.2, -0.15) is 11.8 Å². The molecular formula is C12H24N2OS. The number of hydrogen-bond donors (Lipinski definition) is 1. The maximum absolute atomic E-state index is 12.1. The lowest BCUT2D eigenvalue weighted by Crippen LogP contribution is -2.48. The van der Waals surface area contributed by atoms with Crippen LogP contribution in [-0.4, -0.2) is 39.9 Å². The Morgan fingerprint density at radius 3 is 2.69 bits per heavy atom. The molecule has 1 heterocycles. The van der Waals surface area contributed by atoms with E-state index in [1.807, 2.05) is 30.5 Å². The summed E-state index contributed by atoms with van der Waals surface area (Å²) in [5, 5.41) is 0.545. The summed E-state index contributed by atoms with van der Waals surface area (Å²) >= 11 is 1.95. The molecule has 0 saturated carbocycles. The smallest absolute Gasteiger partial charge is 0.222 e. The first-order valence-electron chi connectivity index (χ1n) is 6.01. The summed E-state index contributed by atoms with van der Waals surface area (Å²) in [6.07, 6.45) is 1.34. The van der Waals surface area contributed by atoms with Crippen LogP contribution in [0.4, 0.5) is 0 Å². The zero-order valence-corrected chi connectivity index (χ0v) is 11.6. The van der Waals surface area contributed by atoms with Crippen LogP contribution in [-0.2, 0) is 4.79 Å². The van der Waals surface area contributed by atoms with Gasteiger partial charge in [-0.3, -0.25) is 4.79 Å². The van der Waals surface area contributed by atoms with Crippen LogP contribution in [0.15, 0.2) is 0 Å². The molecule has 1 amide bonds. The van der Waals surface area contributed by atoms with Crippen molar-refractivity contribution in [1.29, 1.82) is 0 Å². The van der Waals surface area contributed by atoms with Gasteiger partial charge in [0, 0.05) is 35.5 Å². The second kappa shape index (κ2) is 5.41. The fourth-order valence-corrected chi connectivity index (χ4v) is 2.96. The van der Waals surface area contributed by atoms with E-state index in [4.69, 9.17) is 5.73 Å². The average molecular weight is 244 g/mol. The molecule has 0 aromatic carbocycles. The van der Waals surface area contributed by atoms with Crippen molar-refractivity contribution in [2.24, 2.45) is 5.73 Å². The zero-order valence-electron chi connectivity index (χ0n) is 10.8. The molecule has 1 fully saturated rings. The van der Waals surface area contributed by atoms with Gasteiger partial charge in [0.25, 0.3) is 0 Å². The third-order valence-corrected chi connectivity index (χ3v) is 4.53. The second-order valence-electron chi connectivity index (χ2n) is 5.39. The van der Waals surface area contributed by atoms with E-state index >= 15 is 0 Å². The summed E-state index contributed by atoms with van der Waals surface area (Å²) in [4.78, 5) is 14.1. The highest BCUT2D eigenvalue weighted by atomic mass is 32.2. The van der Waals surface area contributed by atoms with Crippen LogP contribution in [0.25, 0.3) is 0 Å². The fourth-order valence-electron chi connectivity index (χ4n) is 1.86. The highest BCUT2D eigenvalue weighted by Gasteiger charge is 2.29. The molecule has 2 atom stereocenters.